The molecule has 0 amide bonds. The Morgan fingerprint density at radius 2 is 2.00 bits per heavy atom. The number of nitrogens with zero attached hydrogens (tertiary/aromatic N) is 2. The maximum Gasteiger partial charge on any atom is 0.191 e. The summed E-state index contributed by atoms with van der Waals surface area (Å²) in [5.41, 5.74) is 2.49. The lowest BCUT2D eigenvalue weighted by Gasteiger charge is -2.35. The predicted octanol–water partition coefficient (Wildman–Crippen LogP) is 3.20. The van der Waals surface area contributed by atoms with E-state index in [1.807, 2.05) is 13.1 Å². The highest BCUT2D eigenvalue weighted by Gasteiger charge is 2.21. The first-order valence-corrected chi connectivity index (χ1v) is 9.38. The smallest absolute Gasteiger partial charge is 0.191 e. The Morgan fingerprint density at radius 1 is 1.31 bits per heavy atom. The molecule has 0 atom stereocenters. The van der Waals surface area contributed by atoms with Gasteiger partial charge < -0.3 is 20.3 Å². The highest BCUT2D eigenvalue weighted by Crippen LogP contribution is 2.19. The molecule has 1 aliphatic rings. The second kappa shape index (κ2) is 11.6. The van der Waals surface area contributed by atoms with E-state index in [0.717, 1.165) is 37.8 Å². The summed E-state index contributed by atoms with van der Waals surface area (Å²) in [5, 5.41) is 7.01. The molecule has 148 valence electrons. The number of hydrogen-bond donors (Lipinski definition) is 2. The molecule has 0 aromatic heterocycles. The molecule has 0 spiro atoms. The van der Waals surface area contributed by atoms with Crippen LogP contribution < -0.4 is 15.4 Å². The third kappa shape index (κ3) is 6.95. The van der Waals surface area contributed by atoms with Crippen molar-refractivity contribution >= 4 is 29.9 Å². The number of benzene rings is 1. The quantitative estimate of drug-likeness (QED) is 0.378. The Bertz CT molecular complexity index is 569. The van der Waals surface area contributed by atoms with E-state index in [-0.39, 0.29) is 24.0 Å². The van der Waals surface area contributed by atoms with Crippen LogP contribution in [0.3, 0.4) is 0 Å². The van der Waals surface area contributed by atoms with Gasteiger partial charge in [-0.15, -0.1) is 24.0 Å². The number of hydrogen-bond acceptors (Lipinski definition) is 3. The fourth-order valence-electron chi connectivity index (χ4n) is 3.37. The minimum absolute atomic E-state index is 0. The molecule has 1 aliphatic heterocycles. The monoisotopic (exact) mass is 474 g/mol. The van der Waals surface area contributed by atoms with E-state index in [0.29, 0.717) is 12.1 Å². The van der Waals surface area contributed by atoms with E-state index >= 15 is 0 Å². The summed E-state index contributed by atoms with van der Waals surface area (Å²) in [7, 11) is 3.57. The van der Waals surface area contributed by atoms with Gasteiger partial charge in [0.05, 0.1) is 7.11 Å². The molecular formula is C20H35IN4O. The predicted molar refractivity (Wildman–Crippen MR) is 121 cm³/mol. The number of halogens is 1. The van der Waals surface area contributed by atoms with E-state index in [9.17, 15) is 0 Å². The van der Waals surface area contributed by atoms with Crippen LogP contribution in [0.15, 0.2) is 23.2 Å². The van der Waals surface area contributed by atoms with Gasteiger partial charge in [-0.05, 0) is 51.7 Å². The van der Waals surface area contributed by atoms with Gasteiger partial charge in [-0.25, -0.2) is 0 Å². The number of aliphatic imine (C=N–C) groups is 1. The summed E-state index contributed by atoms with van der Waals surface area (Å²) >= 11 is 0. The third-order valence-corrected chi connectivity index (χ3v) is 4.95. The maximum atomic E-state index is 5.46. The van der Waals surface area contributed by atoms with E-state index in [4.69, 9.17) is 4.74 Å². The van der Waals surface area contributed by atoms with Crippen molar-refractivity contribution in [3.63, 3.8) is 0 Å². The molecule has 1 aromatic rings. The Kier molecular flexibility index (Phi) is 10.3. The van der Waals surface area contributed by atoms with Crippen molar-refractivity contribution in [2.45, 2.75) is 52.1 Å². The first kappa shape index (κ1) is 23.0. The zero-order valence-corrected chi connectivity index (χ0v) is 19.2. The number of aryl methyl sites for hydroxylation is 1. The van der Waals surface area contributed by atoms with Crippen molar-refractivity contribution in [1.29, 1.82) is 0 Å². The van der Waals surface area contributed by atoms with Crippen LogP contribution in [0.5, 0.6) is 5.75 Å². The highest BCUT2D eigenvalue weighted by atomic mass is 127. The zero-order chi connectivity index (χ0) is 18.2. The van der Waals surface area contributed by atoms with Crippen molar-refractivity contribution in [1.82, 2.24) is 15.5 Å². The van der Waals surface area contributed by atoms with Crippen molar-refractivity contribution in [3.05, 3.63) is 29.3 Å². The Morgan fingerprint density at radius 3 is 2.58 bits per heavy atom. The van der Waals surface area contributed by atoms with Gasteiger partial charge in [0.1, 0.15) is 5.75 Å². The molecule has 26 heavy (non-hydrogen) atoms. The standard InChI is InChI=1S/C20H34N4O.HI/c1-15(2)24-12-9-18(10-13-24)23-20(21-4)22-11-8-17-14-16(3)6-7-19(17)25-5;/h6-7,14-15,18H,8-13H2,1-5H3,(H2,21,22,23);1H. The largest absolute Gasteiger partial charge is 0.496 e. The van der Waals surface area contributed by atoms with Crippen LogP contribution >= 0.6 is 24.0 Å². The van der Waals surface area contributed by atoms with Crippen LogP contribution in [0.4, 0.5) is 0 Å². The Hall–Kier alpha value is -1.02. The minimum Gasteiger partial charge on any atom is -0.496 e. The fraction of sp³-hybridized carbons (Fsp3) is 0.650. The van der Waals surface area contributed by atoms with E-state index in [1.54, 1.807) is 7.11 Å². The van der Waals surface area contributed by atoms with Crippen LogP contribution in [0.2, 0.25) is 0 Å². The highest BCUT2D eigenvalue weighted by molar-refractivity contribution is 14.0. The first-order valence-electron chi connectivity index (χ1n) is 9.38. The number of guanidine groups is 1. The van der Waals surface area contributed by atoms with Crippen LogP contribution in [0.25, 0.3) is 0 Å². The zero-order valence-electron chi connectivity index (χ0n) is 16.8. The van der Waals surface area contributed by atoms with Gasteiger partial charge in [0.15, 0.2) is 5.96 Å². The molecule has 0 unspecified atom stereocenters. The second-order valence-corrected chi connectivity index (χ2v) is 7.11. The lowest BCUT2D eigenvalue weighted by atomic mass is 10.0. The van der Waals surface area contributed by atoms with Gasteiger partial charge in [-0.1, -0.05) is 17.7 Å². The van der Waals surface area contributed by atoms with Crippen LogP contribution in [-0.2, 0) is 6.42 Å². The molecular weight excluding hydrogens is 439 g/mol. The number of piperidine rings is 1. The number of ether oxygens (including phenoxy) is 1. The Labute approximate surface area is 176 Å². The fourth-order valence-corrected chi connectivity index (χ4v) is 3.37. The Balaban J connectivity index is 0.00000338. The number of likely N-dealkylation sites (tertiary alicyclic amines) is 1. The summed E-state index contributed by atoms with van der Waals surface area (Å²) in [6.07, 6.45) is 3.26. The molecule has 2 rings (SSSR count). The van der Waals surface area contributed by atoms with Crippen LogP contribution in [-0.4, -0.2) is 56.7 Å². The minimum atomic E-state index is 0. The van der Waals surface area contributed by atoms with Gasteiger partial charge in [0.2, 0.25) is 0 Å². The van der Waals surface area contributed by atoms with Gasteiger partial charge in [0.25, 0.3) is 0 Å². The molecule has 6 heteroatoms. The van der Waals surface area contributed by atoms with E-state index in [2.05, 4.69) is 53.4 Å². The summed E-state index contributed by atoms with van der Waals surface area (Å²) in [4.78, 5) is 6.92. The van der Waals surface area contributed by atoms with E-state index in [1.165, 1.54) is 24.0 Å². The first-order chi connectivity index (χ1) is 12.0. The number of methoxy groups -OCH3 is 1. The van der Waals surface area contributed by atoms with Gasteiger partial charge in [0, 0.05) is 38.8 Å². The van der Waals surface area contributed by atoms with Gasteiger partial charge >= 0.3 is 0 Å². The molecule has 0 radical (unpaired) electrons. The molecule has 2 N–H and O–H groups in total. The molecule has 1 aromatic carbocycles. The summed E-state index contributed by atoms with van der Waals surface area (Å²) in [5.74, 6) is 1.85. The SMILES string of the molecule is CN=C(NCCc1cc(C)ccc1OC)NC1CCN(C(C)C)CC1.I. The molecule has 1 fully saturated rings. The average molecular weight is 474 g/mol. The van der Waals surface area contributed by atoms with Crippen LogP contribution in [0.1, 0.15) is 37.8 Å². The third-order valence-electron chi connectivity index (χ3n) is 4.95. The lowest BCUT2D eigenvalue weighted by molar-refractivity contribution is 0.167. The van der Waals surface area contributed by atoms with Crippen molar-refractivity contribution < 1.29 is 4.74 Å². The normalized spacial score (nSPS) is 16.3. The summed E-state index contributed by atoms with van der Waals surface area (Å²) in [6, 6.07) is 7.47. The maximum absolute atomic E-state index is 5.46. The topological polar surface area (TPSA) is 48.9 Å². The van der Waals surface area contributed by atoms with E-state index < -0.39 is 0 Å². The van der Waals surface area contributed by atoms with Gasteiger partial charge in [-0.2, -0.15) is 0 Å². The summed E-state index contributed by atoms with van der Waals surface area (Å²) < 4.78 is 5.46. The lowest BCUT2D eigenvalue weighted by Crippen LogP contribution is -2.50. The molecule has 0 saturated carbocycles. The second-order valence-electron chi connectivity index (χ2n) is 7.11. The van der Waals surface area contributed by atoms with Crippen molar-refractivity contribution in [2.24, 2.45) is 4.99 Å². The molecule has 1 heterocycles. The van der Waals surface area contributed by atoms with Crippen LogP contribution in [0, 0.1) is 6.92 Å². The number of rotatable bonds is 6. The number of nitrogens with one attached hydrogen (secondary N) is 2. The molecule has 0 aliphatic carbocycles. The molecule has 0 bridgehead atoms. The molecule has 5 nitrogen and oxygen atoms in total. The van der Waals surface area contributed by atoms with Gasteiger partial charge in [-0.3, -0.25) is 4.99 Å². The average Bonchev–Trinajstić information content (AvgIpc) is 2.61. The molecule has 1 saturated heterocycles. The van der Waals surface area contributed by atoms with Crippen molar-refractivity contribution in [3.8, 4) is 5.75 Å². The summed E-state index contributed by atoms with van der Waals surface area (Å²) in [6.45, 7) is 9.81. The van der Waals surface area contributed by atoms with Crippen molar-refractivity contribution in [2.75, 3.05) is 33.8 Å².